The van der Waals surface area contributed by atoms with E-state index < -0.39 is 10.0 Å². The third-order valence-electron chi connectivity index (χ3n) is 5.70. The van der Waals surface area contributed by atoms with Crippen molar-refractivity contribution in [3.8, 4) is 0 Å². The molecule has 0 radical (unpaired) electrons. The SMILES string of the molecule is Cc1cc(C)c(C)c(S(=O)(=O)N(C)Cc2ccccc2N2CCOCC2)c1C. The number of para-hydroxylation sites is 1. The Bertz CT molecular complexity index is 938. The first-order chi connectivity index (χ1) is 13.2. The highest BCUT2D eigenvalue weighted by atomic mass is 32.2. The highest BCUT2D eigenvalue weighted by molar-refractivity contribution is 7.89. The number of nitrogens with zero attached hydrogens (tertiary/aromatic N) is 2. The van der Waals surface area contributed by atoms with Crippen LogP contribution in [0.5, 0.6) is 0 Å². The first-order valence-corrected chi connectivity index (χ1v) is 11.1. The minimum Gasteiger partial charge on any atom is -0.378 e. The van der Waals surface area contributed by atoms with Crippen LogP contribution in [0.4, 0.5) is 5.69 Å². The molecule has 0 N–H and O–H groups in total. The Balaban J connectivity index is 1.95. The van der Waals surface area contributed by atoms with Crippen molar-refractivity contribution in [1.82, 2.24) is 4.31 Å². The van der Waals surface area contributed by atoms with Gasteiger partial charge >= 0.3 is 0 Å². The van der Waals surface area contributed by atoms with E-state index in [0.29, 0.717) is 24.7 Å². The maximum Gasteiger partial charge on any atom is 0.243 e. The van der Waals surface area contributed by atoms with Gasteiger partial charge in [-0.3, -0.25) is 0 Å². The minimum atomic E-state index is -3.60. The summed E-state index contributed by atoms with van der Waals surface area (Å²) in [6, 6.07) is 10.1. The molecule has 1 fully saturated rings. The van der Waals surface area contributed by atoms with E-state index >= 15 is 0 Å². The largest absolute Gasteiger partial charge is 0.378 e. The van der Waals surface area contributed by atoms with Crippen LogP contribution in [0.3, 0.4) is 0 Å². The second-order valence-electron chi connectivity index (χ2n) is 7.58. The fraction of sp³-hybridized carbons (Fsp3) is 0.455. The summed E-state index contributed by atoms with van der Waals surface area (Å²) in [7, 11) is -1.93. The minimum absolute atomic E-state index is 0.335. The van der Waals surface area contributed by atoms with Gasteiger partial charge in [-0.05, 0) is 61.6 Å². The Hall–Kier alpha value is -1.89. The number of hydrogen-bond donors (Lipinski definition) is 0. The van der Waals surface area contributed by atoms with Crippen LogP contribution in [-0.4, -0.2) is 46.1 Å². The predicted octanol–water partition coefficient (Wildman–Crippen LogP) is 3.58. The molecule has 1 aliphatic heterocycles. The fourth-order valence-corrected chi connectivity index (χ4v) is 5.52. The molecule has 2 aromatic carbocycles. The molecule has 0 unspecified atom stereocenters. The zero-order valence-electron chi connectivity index (χ0n) is 17.4. The van der Waals surface area contributed by atoms with Crippen molar-refractivity contribution >= 4 is 15.7 Å². The topological polar surface area (TPSA) is 49.9 Å². The van der Waals surface area contributed by atoms with E-state index in [1.807, 2.05) is 45.9 Å². The highest BCUT2D eigenvalue weighted by Gasteiger charge is 2.27. The third-order valence-corrected chi connectivity index (χ3v) is 7.78. The number of benzene rings is 2. The van der Waals surface area contributed by atoms with E-state index in [-0.39, 0.29) is 0 Å². The molecule has 0 aliphatic carbocycles. The first-order valence-electron chi connectivity index (χ1n) is 9.68. The number of morpholine rings is 1. The van der Waals surface area contributed by atoms with Crippen molar-refractivity contribution < 1.29 is 13.2 Å². The Morgan fingerprint density at radius 2 is 1.57 bits per heavy atom. The van der Waals surface area contributed by atoms with E-state index in [1.54, 1.807) is 7.05 Å². The Kier molecular flexibility index (Phi) is 6.12. The van der Waals surface area contributed by atoms with E-state index in [0.717, 1.165) is 46.6 Å². The number of aryl methyl sites for hydroxylation is 2. The van der Waals surface area contributed by atoms with Crippen molar-refractivity contribution in [2.24, 2.45) is 0 Å². The lowest BCUT2D eigenvalue weighted by Gasteiger charge is -2.31. The normalized spacial score (nSPS) is 15.3. The number of hydrogen-bond acceptors (Lipinski definition) is 4. The molecule has 0 bridgehead atoms. The van der Waals surface area contributed by atoms with E-state index in [1.165, 1.54) is 4.31 Å². The van der Waals surface area contributed by atoms with Gasteiger partial charge in [0.1, 0.15) is 0 Å². The summed E-state index contributed by atoms with van der Waals surface area (Å²) >= 11 is 0. The van der Waals surface area contributed by atoms with Gasteiger partial charge < -0.3 is 9.64 Å². The van der Waals surface area contributed by atoms with E-state index in [2.05, 4.69) is 17.0 Å². The molecular weight excluding hydrogens is 372 g/mol. The third kappa shape index (κ3) is 3.95. The molecule has 28 heavy (non-hydrogen) atoms. The number of rotatable bonds is 5. The van der Waals surface area contributed by atoms with Crippen molar-refractivity contribution in [3.63, 3.8) is 0 Å². The highest BCUT2D eigenvalue weighted by Crippen LogP contribution is 2.30. The van der Waals surface area contributed by atoms with Gasteiger partial charge in [0.15, 0.2) is 0 Å². The van der Waals surface area contributed by atoms with Crippen LogP contribution >= 0.6 is 0 Å². The Labute approximate surface area is 169 Å². The number of ether oxygens (including phenoxy) is 1. The number of anilines is 1. The maximum absolute atomic E-state index is 13.5. The van der Waals surface area contributed by atoms with Crippen LogP contribution in [0, 0.1) is 27.7 Å². The van der Waals surface area contributed by atoms with E-state index in [4.69, 9.17) is 4.74 Å². The zero-order valence-corrected chi connectivity index (χ0v) is 18.3. The molecule has 0 spiro atoms. The number of sulfonamides is 1. The van der Waals surface area contributed by atoms with Gasteiger partial charge in [-0.15, -0.1) is 0 Å². The van der Waals surface area contributed by atoms with Gasteiger partial charge in [0.05, 0.1) is 18.1 Å². The smallest absolute Gasteiger partial charge is 0.243 e. The molecule has 0 aromatic heterocycles. The van der Waals surface area contributed by atoms with Crippen LogP contribution in [0.2, 0.25) is 0 Å². The average Bonchev–Trinajstić information content (AvgIpc) is 2.67. The first kappa shape index (κ1) is 20.8. The summed E-state index contributed by atoms with van der Waals surface area (Å²) in [5.41, 5.74) is 5.76. The summed E-state index contributed by atoms with van der Waals surface area (Å²) in [6.07, 6.45) is 0. The van der Waals surface area contributed by atoms with Crippen molar-refractivity contribution in [3.05, 3.63) is 58.1 Å². The summed E-state index contributed by atoms with van der Waals surface area (Å²) in [5, 5.41) is 0. The standard InChI is InChI=1S/C22H30N2O3S/c1-16-14-17(2)19(4)22(18(16)3)28(25,26)23(5)15-20-8-6-7-9-21(20)24-10-12-27-13-11-24/h6-9,14H,10-13,15H2,1-5H3. The molecule has 152 valence electrons. The van der Waals surface area contributed by atoms with Gasteiger partial charge in [-0.2, -0.15) is 4.31 Å². The lowest BCUT2D eigenvalue weighted by atomic mass is 10.0. The lowest BCUT2D eigenvalue weighted by molar-refractivity contribution is 0.122. The van der Waals surface area contributed by atoms with Crippen LogP contribution in [0.15, 0.2) is 35.2 Å². The van der Waals surface area contributed by atoms with Gasteiger partial charge in [0, 0.05) is 32.4 Å². The maximum atomic E-state index is 13.5. The molecule has 1 saturated heterocycles. The van der Waals surface area contributed by atoms with Crippen LogP contribution in [0.1, 0.15) is 27.8 Å². The summed E-state index contributed by atoms with van der Waals surface area (Å²) < 4.78 is 33.9. The van der Waals surface area contributed by atoms with Crippen LogP contribution in [0.25, 0.3) is 0 Å². The van der Waals surface area contributed by atoms with Crippen LogP contribution in [-0.2, 0) is 21.3 Å². The monoisotopic (exact) mass is 402 g/mol. The lowest BCUT2D eigenvalue weighted by Crippen LogP contribution is -2.37. The summed E-state index contributed by atoms with van der Waals surface area (Å²) in [5.74, 6) is 0. The second-order valence-corrected chi connectivity index (χ2v) is 9.56. The molecular formula is C22H30N2O3S. The fourth-order valence-electron chi connectivity index (χ4n) is 3.81. The van der Waals surface area contributed by atoms with Gasteiger partial charge in [0.25, 0.3) is 0 Å². The molecule has 6 heteroatoms. The van der Waals surface area contributed by atoms with E-state index in [9.17, 15) is 8.42 Å². The second kappa shape index (κ2) is 8.23. The van der Waals surface area contributed by atoms with Gasteiger partial charge in [0.2, 0.25) is 10.0 Å². The zero-order chi connectivity index (χ0) is 20.5. The molecule has 1 aliphatic rings. The van der Waals surface area contributed by atoms with Crippen LogP contribution < -0.4 is 4.90 Å². The van der Waals surface area contributed by atoms with Gasteiger partial charge in [-0.25, -0.2) is 8.42 Å². The molecule has 0 amide bonds. The Morgan fingerprint density at radius 1 is 1.00 bits per heavy atom. The Morgan fingerprint density at radius 3 is 2.18 bits per heavy atom. The average molecular weight is 403 g/mol. The predicted molar refractivity (Wildman–Crippen MR) is 114 cm³/mol. The molecule has 0 saturated carbocycles. The summed E-state index contributed by atoms with van der Waals surface area (Å²) in [4.78, 5) is 2.71. The molecule has 3 rings (SSSR count). The molecule has 0 atom stereocenters. The van der Waals surface area contributed by atoms with Crippen molar-refractivity contribution in [2.45, 2.75) is 39.1 Å². The molecule has 2 aromatic rings. The molecule has 1 heterocycles. The van der Waals surface area contributed by atoms with Crippen molar-refractivity contribution in [1.29, 1.82) is 0 Å². The quantitative estimate of drug-likeness (QED) is 0.767. The van der Waals surface area contributed by atoms with Crippen molar-refractivity contribution in [2.75, 3.05) is 38.3 Å². The summed E-state index contributed by atoms with van der Waals surface area (Å²) in [6.45, 7) is 11.1. The van der Waals surface area contributed by atoms with Gasteiger partial charge in [-0.1, -0.05) is 24.3 Å². The molecule has 5 nitrogen and oxygen atoms in total.